The minimum atomic E-state index is 0.244. The molecule has 1 nitrogen and oxygen atoms in total. The molecule has 0 amide bonds. The number of aromatic nitrogens is 1. The Morgan fingerprint density at radius 1 is 1.07 bits per heavy atom. The van der Waals surface area contributed by atoms with E-state index in [9.17, 15) is 0 Å². The van der Waals surface area contributed by atoms with Gasteiger partial charge in [0.1, 0.15) is 0 Å². The molecule has 0 bridgehead atoms. The quantitative estimate of drug-likeness (QED) is 0.599. The Morgan fingerprint density at radius 3 is 2.47 bits per heavy atom. The maximum absolute atomic E-state index is 5.82. The first-order valence-corrected chi connectivity index (χ1v) is 7.18. The van der Waals surface area contributed by atoms with E-state index in [2.05, 4.69) is 20.9 Å². The Balaban J connectivity index is 2.18. The number of benzene rings is 1. The molecule has 0 unspecified atom stereocenters. The van der Waals surface area contributed by atoms with Gasteiger partial charge in [0, 0.05) is 0 Å². The van der Waals surface area contributed by atoms with Crippen LogP contribution in [0.25, 0.3) is 0 Å². The second kappa shape index (κ2) is 5.13. The van der Waals surface area contributed by atoms with Gasteiger partial charge in [0.05, 0.1) is 0 Å². The van der Waals surface area contributed by atoms with Gasteiger partial charge in [-0.05, 0) is 0 Å². The van der Waals surface area contributed by atoms with E-state index in [1.807, 2.05) is 42.5 Å². The number of hydrogen-bond acceptors (Lipinski definition) is 1. The van der Waals surface area contributed by atoms with Crippen LogP contribution in [0.5, 0.6) is 0 Å². The normalized spacial score (nSPS) is 10.3. The Hall–Kier alpha value is -0.341. The second-order valence-electron chi connectivity index (χ2n) is 2.85. The summed E-state index contributed by atoms with van der Waals surface area (Å²) >= 11 is 9.43. The molecule has 15 heavy (non-hydrogen) atoms. The molecule has 0 radical (unpaired) electrons. The van der Waals surface area contributed by atoms with E-state index in [0.29, 0.717) is 0 Å². The molecule has 0 atom stereocenters. The fraction of sp³-hybridized carbons (Fsp3) is 0. The molecule has 0 aliphatic heterocycles. The van der Waals surface area contributed by atoms with Crippen LogP contribution in [0.4, 0.5) is 0 Å². The Bertz CT molecular complexity index is 458. The molecule has 76 valence electrons. The topological polar surface area (TPSA) is 12.9 Å². The number of rotatable bonds is 2. The number of hydrogen-bond donors (Lipinski definition) is 0. The average Bonchev–Trinajstić information content (AvgIpc) is 2.22. The third-order valence-electron chi connectivity index (χ3n) is 1.73. The monoisotopic (exact) mass is 347 g/mol. The van der Waals surface area contributed by atoms with Crippen LogP contribution >= 0.6 is 27.5 Å². The molecule has 1 heterocycles. The first kappa shape index (κ1) is 11.2. The summed E-state index contributed by atoms with van der Waals surface area (Å²) in [5.74, 6) is 0. The van der Waals surface area contributed by atoms with E-state index in [0.717, 1.165) is 14.2 Å². The van der Waals surface area contributed by atoms with Gasteiger partial charge in [-0.25, -0.2) is 0 Å². The molecular weight excluding hydrogens is 340 g/mol. The van der Waals surface area contributed by atoms with Crippen molar-refractivity contribution in [2.24, 2.45) is 0 Å². The first-order valence-electron chi connectivity index (χ1n) is 4.30. The summed E-state index contributed by atoms with van der Waals surface area (Å²) < 4.78 is 3.27. The van der Waals surface area contributed by atoms with Crippen molar-refractivity contribution in [1.82, 2.24) is 4.98 Å². The zero-order valence-electron chi connectivity index (χ0n) is 7.65. The van der Waals surface area contributed by atoms with Gasteiger partial charge in [0.15, 0.2) is 0 Å². The summed E-state index contributed by atoms with van der Waals surface area (Å²) in [6.07, 6.45) is 0. The van der Waals surface area contributed by atoms with Gasteiger partial charge < -0.3 is 0 Å². The Kier molecular flexibility index (Phi) is 3.81. The van der Waals surface area contributed by atoms with Crippen molar-refractivity contribution in [3.05, 3.63) is 52.1 Å². The van der Waals surface area contributed by atoms with Crippen molar-refractivity contribution >= 4 is 51.5 Å². The zero-order chi connectivity index (χ0) is 10.7. The molecule has 2 rings (SSSR count). The molecule has 0 spiro atoms. The van der Waals surface area contributed by atoms with Gasteiger partial charge in [-0.2, -0.15) is 0 Å². The van der Waals surface area contributed by atoms with Crippen molar-refractivity contribution in [3.8, 4) is 0 Å². The van der Waals surface area contributed by atoms with Gasteiger partial charge in [-0.3, -0.25) is 0 Å². The number of halogens is 2. The SMILES string of the molecule is Clc1ccc([Se]c2cccc(Br)n2)cc1. The molecule has 0 fully saturated rings. The van der Waals surface area contributed by atoms with Gasteiger partial charge >= 0.3 is 109 Å². The third kappa shape index (κ3) is 3.32. The summed E-state index contributed by atoms with van der Waals surface area (Å²) in [6, 6.07) is 13.9. The summed E-state index contributed by atoms with van der Waals surface area (Å²) in [4.78, 5) is 4.40. The van der Waals surface area contributed by atoms with Crippen LogP contribution in [0, 0.1) is 0 Å². The molecule has 0 saturated heterocycles. The molecular formula is C11H7BrClNSe. The molecule has 4 heteroatoms. The summed E-state index contributed by atoms with van der Waals surface area (Å²) in [7, 11) is 0. The van der Waals surface area contributed by atoms with Crippen LogP contribution in [0.15, 0.2) is 47.1 Å². The summed E-state index contributed by atoms with van der Waals surface area (Å²) in [5.41, 5.74) is 0. The molecule has 0 N–H and O–H groups in total. The Labute approximate surface area is 108 Å². The van der Waals surface area contributed by atoms with Crippen LogP contribution in [-0.4, -0.2) is 19.9 Å². The maximum atomic E-state index is 5.82. The molecule has 0 saturated carbocycles. The van der Waals surface area contributed by atoms with Crippen LogP contribution in [0.2, 0.25) is 5.02 Å². The van der Waals surface area contributed by atoms with E-state index >= 15 is 0 Å². The molecule has 1 aromatic heterocycles. The fourth-order valence-electron chi connectivity index (χ4n) is 1.07. The van der Waals surface area contributed by atoms with Crippen molar-refractivity contribution in [3.63, 3.8) is 0 Å². The fourth-order valence-corrected chi connectivity index (χ4v) is 3.49. The summed E-state index contributed by atoms with van der Waals surface area (Å²) in [6.45, 7) is 0. The number of pyridine rings is 1. The van der Waals surface area contributed by atoms with Crippen molar-refractivity contribution in [2.45, 2.75) is 0 Å². The first-order chi connectivity index (χ1) is 7.24. The van der Waals surface area contributed by atoms with Gasteiger partial charge in [0.25, 0.3) is 0 Å². The van der Waals surface area contributed by atoms with E-state index < -0.39 is 0 Å². The van der Waals surface area contributed by atoms with Crippen molar-refractivity contribution in [1.29, 1.82) is 0 Å². The molecule has 0 aliphatic rings. The van der Waals surface area contributed by atoms with Crippen molar-refractivity contribution in [2.75, 3.05) is 0 Å². The predicted octanol–water partition coefficient (Wildman–Crippen LogP) is 2.15. The average molecular weight is 348 g/mol. The Morgan fingerprint density at radius 2 is 1.80 bits per heavy atom. The van der Waals surface area contributed by atoms with E-state index in [4.69, 9.17) is 11.6 Å². The van der Waals surface area contributed by atoms with Gasteiger partial charge in [-0.1, -0.05) is 0 Å². The molecule has 1 aromatic carbocycles. The van der Waals surface area contributed by atoms with Crippen LogP contribution in [-0.2, 0) is 0 Å². The predicted molar refractivity (Wildman–Crippen MR) is 68.4 cm³/mol. The molecule has 0 aliphatic carbocycles. The van der Waals surface area contributed by atoms with E-state index in [1.165, 1.54) is 4.46 Å². The molecule has 2 aromatic rings. The standard InChI is InChI=1S/C11H7BrClNSe/c12-10-2-1-3-11(14-10)15-9-6-4-8(13)5-7-9/h1-7H. The minimum absolute atomic E-state index is 0.244. The van der Waals surface area contributed by atoms with Gasteiger partial charge in [-0.15, -0.1) is 0 Å². The van der Waals surface area contributed by atoms with Crippen molar-refractivity contribution < 1.29 is 0 Å². The van der Waals surface area contributed by atoms with E-state index in [-0.39, 0.29) is 15.0 Å². The zero-order valence-corrected chi connectivity index (χ0v) is 11.7. The number of nitrogens with zero attached hydrogens (tertiary/aromatic N) is 1. The van der Waals surface area contributed by atoms with Crippen LogP contribution < -0.4 is 9.05 Å². The van der Waals surface area contributed by atoms with Crippen LogP contribution in [0.1, 0.15) is 0 Å². The third-order valence-corrected chi connectivity index (χ3v) is 4.40. The summed E-state index contributed by atoms with van der Waals surface area (Å²) in [5, 5.41) is 0.775. The van der Waals surface area contributed by atoms with Crippen LogP contribution in [0.3, 0.4) is 0 Å². The van der Waals surface area contributed by atoms with Gasteiger partial charge in [0.2, 0.25) is 0 Å². The second-order valence-corrected chi connectivity index (χ2v) is 6.40. The van der Waals surface area contributed by atoms with E-state index in [1.54, 1.807) is 0 Å².